The molecule has 30 heavy (non-hydrogen) atoms. The number of hydrogen-bond acceptors (Lipinski definition) is 2. The van der Waals surface area contributed by atoms with Crippen LogP contribution in [0.1, 0.15) is 22.9 Å². The molecule has 0 amide bonds. The minimum Gasteiger partial charge on any atom is -0.432 e. The lowest BCUT2D eigenvalue weighted by Crippen LogP contribution is -2.42. The first-order valence-electron chi connectivity index (χ1n) is 9.69. The van der Waals surface area contributed by atoms with Gasteiger partial charge in [-0.05, 0) is 72.2 Å². The Labute approximate surface area is 190 Å². The number of aromatic amines is 1. The number of aromatic nitrogens is 1. The summed E-state index contributed by atoms with van der Waals surface area (Å²) in [5, 5.41) is 3.04. The Morgan fingerprint density at radius 1 is 0.967 bits per heavy atom. The summed E-state index contributed by atoms with van der Waals surface area (Å²) < 4.78 is 6.03. The lowest BCUT2D eigenvalue weighted by molar-refractivity contribution is 0.289. The zero-order chi connectivity index (χ0) is 20.7. The van der Waals surface area contributed by atoms with Crippen molar-refractivity contribution in [2.45, 2.75) is 12.5 Å². The molecular weight excluding hydrogens is 435 g/mol. The first kappa shape index (κ1) is 19.4. The molecule has 0 saturated heterocycles. The van der Waals surface area contributed by atoms with Gasteiger partial charge in [-0.3, -0.25) is 0 Å². The molecule has 1 unspecified atom stereocenters. The molecule has 6 heteroatoms. The third-order valence-electron chi connectivity index (χ3n) is 5.46. The largest absolute Gasteiger partial charge is 0.432 e. The fourth-order valence-corrected chi connectivity index (χ4v) is 4.69. The van der Waals surface area contributed by atoms with Crippen LogP contribution in [0.25, 0.3) is 10.9 Å². The van der Waals surface area contributed by atoms with Crippen molar-refractivity contribution in [3.05, 3.63) is 99.7 Å². The summed E-state index contributed by atoms with van der Waals surface area (Å²) in [6, 6.07) is 23.4. The van der Waals surface area contributed by atoms with E-state index in [1.165, 1.54) is 5.56 Å². The Hall–Kier alpha value is -2.53. The summed E-state index contributed by atoms with van der Waals surface area (Å²) in [4.78, 5) is 5.74. The molecule has 4 aromatic rings. The minimum atomic E-state index is -0.103. The number of nitrogens with zero attached hydrogens (tertiary/aromatic N) is 1. The Balaban J connectivity index is 1.60. The molecule has 0 fully saturated rings. The van der Waals surface area contributed by atoms with Crippen LogP contribution < -0.4 is 4.74 Å². The molecule has 2 heterocycles. The molecular formula is C24H18Cl2N2OS. The van der Waals surface area contributed by atoms with E-state index in [9.17, 15) is 0 Å². The number of hydrogen-bond donors (Lipinski definition) is 1. The quantitative estimate of drug-likeness (QED) is 0.339. The number of rotatable bonds is 2. The molecule has 1 atom stereocenters. The van der Waals surface area contributed by atoms with Crippen LogP contribution in [0.3, 0.4) is 0 Å². The van der Waals surface area contributed by atoms with Crippen LogP contribution in [0.2, 0.25) is 10.0 Å². The molecule has 0 saturated carbocycles. The van der Waals surface area contributed by atoms with Crippen molar-refractivity contribution in [2.75, 3.05) is 6.54 Å². The maximum Gasteiger partial charge on any atom is 0.265 e. The molecule has 0 bridgehead atoms. The molecule has 1 aliphatic rings. The minimum absolute atomic E-state index is 0.103. The van der Waals surface area contributed by atoms with Crippen LogP contribution in [-0.2, 0) is 6.42 Å². The van der Waals surface area contributed by atoms with Gasteiger partial charge in [0, 0.05) is 33.2 Å². The van der Waals surface area contributed by atoms with Crippen LogP contribution in [0.4, 0.5) is 0 Å². The summed E-state index contributed by atoms with van der Waals surface area (Å²) >= 11 is 18.2. The van der Waals surface area contributed by atoms with Crippen molar-refractivity contribution < 1.29 is 4.74 Å². The predicted molar refractivity (Wildman–Crippen MR) is 127 cm³/mol. The van der Waals surface area contributed by atoms with Gasteiger partial charge in [-0.25, -0.2) is 0 Å². The number of H-pyrrole nitrogens is 1. The van der Waals surface area contributed by atoms with E-state index in [-0.39, 0.29) is 6.04 Å². The van der Waals surface area contributed by atoms with Gasteiger partial charge in [-0.2, -0.15) is 0 Å². The first-order valence-corrected chi connectivity index (χ1v) is 10.9. The van der Waals surface area contributed by atoms with E-state index in [1.54, 1.807) is 0 Å². The van der Waals surface area contributed by atoms with Crippen LogP contribution in [0, 0.1) is 0 Å². The molecule has 3 aromatic carbocycles. The van der Waals surface area contributed by atoms with Gasteiger partial charge in [0.05, 0.1) is 6.04 Å². The maximum absolute atomic E-state index is 6.28. The second-order valence-electron chi connectivity index (χ2n) is 7.29. The van der Waals surface area contributed by atoms with Crippen LogP contribution in [-0.4, -0.2) is 21.6 Å². The van der Waals surface area contributed by atoms with Gasteiger partial charge in [0.25, 0.3) is 5.17 Å². The molecule has 150 valence electrons. The van der Waals surface area contributed by atoms with Gasteiger partial charge < -0.3 is 14.6 Å². The van der Waals surface area contributed by atoms with Crippen molar-refractivity contribution in [1.29, 1.82) is 0 Å². The third-order valence-corrected chi connectivity index (χ3v) is 6.26. The van der Waals surface area contributed by atoms with Crippen molar-refractivity contribution >= 4 is 51.5 Å². The van der Waals surface area contributed by atoms with E-state index in [2.05, 4.69) is 9.88 Å². The summed E-state index contributed by atoms with van der Waals surface area (Å²) in [6.07, 6.45) is 0.845. The SMILES string of the molecule is S=C(Oc1ccccc1)N1CCc2c([nH]c3ccc(Cl)cc23)C1c1ccc(Cl)cc1. The fraction of sp³-hybridized carbons (Fsp3) is 0.125. The Bertz CT molecular complexity index is 1220. The average Bonchev–Trinajstić information content (AvgIpc) is 3.12. The molecule has 5 rings (SSSR count). The number of fused-ring (bicyclic) bond motifs is 3. The monoisotopic (exact) mass is 452 g/mol. The van der Waals surface area contributed by atoms with E-state index in [4.69, 9.17) is 40.2 Å². The van der Waals surface area contributed by atoms with Gasteiger partial charge in [-0.15, -0.1) is 0 Å². The second kappa shape index (κ2) is 7.95. The number of nitrogens with one attached hydrogen (secondary N) is 1. The lowest BCUT2D eigenvalue weighted by Gasteiger charge is -2.37. The lowest BCUT2D eigenvalue weighted by atomic mass is 9.93. The van der Waals surface area contributed by atoms with Crippen LogP contribution in [0.15, 0.2) is 72.8 Å². The zero-order valence-electron chi connectivity index (χ0n) is 15.9. The topological polar surface area (TPSA) is 28.3 Å². The van der Waals surface area contributed by atoms with Crippen LogP contribution in [0.5, 0.6) is 5.75 Å². The Morgan fingerprint density at radius 2 is 1.70 bits per heavy atom. The zero-order valence-corrected chi connectivity index (χ0v) is 18.3. The number of halogens is 2. The molecule has 0 aliphatic carbocycles. The van der Waals surface area contributed by atoms with E-state index < -0.39 is 0 Å². The van der Waals surface area contributed by atoms with Gasteiger partial charge in [0.2, 0.25) is 0 Å². The third kappa shape index (κ3) is 3.56. The fourth-order valence-electron chi connectivity index (χ4n) is 4.10. The number of para-hydroxylation sites is 1. The molecule has 0 spiro atoms. The molecule has 0 radical (unpaired) electrons. The molecule has 3 nitrogen and oxygen atoms in total. The molecule has 1 aromatic heterocycles. The van der Waals surface area contributed by atoms with E-state index in [0.29, 0.717) is 10.2 Å². The molecule has 1 aliphatic heterocycles. The van der Waals surface area contributed by atoms with Gasteiger partial charge in [-0.1, -0.05) is 53.5 Å². The summed E-state index contributed by atoms with van der Waals surface area (Å²) in [5.74, 6) is 0.728. The molecule has 1 N–H and O–H groups in total. The highest BCUT2D eigenvalue weighted by Gasteiger charge is 2.34. The average molecular weight is 453 g/mol. The highest BCUT2D eigenvalue weighted by molar-refractivity contribution is 7.80. The Morgan fingerprint density at radius 3 is 2.47 bits per heavy atom. The highest BCUT2D eigenvalue weighted by Crippen LogP contribution is 2.39. The van der Waals surface area contributed by atoms with Crippen molar-refractivity contribution in [2.24, 2.45) is 0 Å². The van der Waals surface area contributed by atoms with Gasteiger partial charge >= 0.3 is 0 Å². The van der Waals surface area contributed by atoms with E-state index in [0.717, 1.165) is 45.9 Å². The summed E-state index contributed by atoms with van der Waals surface area (Å²) in [7, 11) is 0. The van der Waals surface area contributed by atoms with E-state index in [1.807, 2.05) is 72.8 Å². The Kier molecular flexibility index (Phi) is 5.15. The van der Waals surface area contributed by atoms with Gasteiger partial charge in [0.1, 0.15) is 5.75 Å². The predicted octanol–water partition coefficient (Wildman–Crippen LogP) is 6.79. The van der Waals surface area contributed by atoms with E-state index >= 15 is 0 Å². The van der Waals surface area contributed by atoms with Gasteiger partial charge in [0.15, 0.2) is 0 Å². The smallest absolute Gasteiger partial charge is 0.265 e. The van der Waals surface area contributed by atoms with Crippen molar-refractivity contribution in [1.82, 2.24) is 9.88 Å². The first-order chi connectivity index (χ1) is 14.6. The number of ether oxygens (including phenoxy) is 1. The standard InChI is InChI=1S/C24H18Cl2N2OS/c25-16-8-6-15(7-9-16)23-22-19(20-14-17(26)10-11-21(20)27-22)12-13-28(23)24(30)29-18-4-2-1-3-5-18/h1-11,14,23,27H,12-13H2. The van der Waals surface area contributed by atoms with Crippen molar-refractivity contribution in [3.8, 4) is 5.75 Å². The summed E-state index contributed by atoms with van der Waals surface area (Å²) in [5.41, 5.74) is 4.54. The highest BCUT2D eigenvalue weighted by atomic mass is 35.5. The maximum atomic E-state index is 6.28. The number of benzene rings is 3. The normalized spacial score (nSPS) is 15.8. The summed E-state index contributed by atoms with van der Waals surface area (Å²) in [6.45, 7) is 0.741. The second-order valence-corrected chi connectivity index (χ2v) is 8.51. The van der Waals surface area contributed by atoms with Crippen molar-refractivity contribution in [3.63, 3.8) is 0 Å². The van der Waals surface area contributed by atoms with Crippen LogP contribution >= 0.6 is 35.4 Å². The number of thiocarbonyl (C=S) groups is 1.